The molecule has 0 saturated carbocycles. The van der Waals surface area contributed by atoms with Crippen molar-refractivity contribution in [1.82, 2.24) is 15.2 Å². The highest BCUT2D eigenvalue weighted by molar-refractivity contribution is 6.30. The highest BCUT2D eigenvalue weighted by Crippen LogP contribution is 2.42. The molecule has 2 N–H and O–H groups in total. The van der Waals surface area contributed by atoms with Crippen LogP contribution in [-0.2, 0) is 16.6 Å². The largest absolute Gasteiger partial charge is 0.444 e. The van der Waals surface area contributed by atoms with Crippen LogP contribution < -0.4 is 10.6 Å². The molecule has 2 aliphatic heterocycles. The Hall–Kier alpha value is -2.87. The zero-order chi connectivity index (χ0) is 24.8. The van der Waals surface area contributed by atoms with Gasteiger partial charge in [0.25, 0.3) is 5.91 Å². The van der Waals surface area contributed by atoms with Crippen molar-refractivity contribution in [2.45, 2.75) is 58.1 Å². The van der Waals surface area contributed by atoms with Crippen LogP contribution in [0.25, 0.3) is 0 Å². The third-order valence-corrected chi connectivity index (χ3v) is 6.64. The Kier molecular flexibility index (Phi) is 6.23. The van der Waals surface area contributed by atoms with E-state index in [4.69, 9.17) is 16.3 Å². The SMILES string of the molecule is CCc1c(NC2CN(C(=O)OC(C)(C)C)C2)ncc2c1[C@@](C)(c1cccc(Cl)c1F)CNC2=O. The van der Waals surface area contributed by atoms with Crippen molar-refractivity contribution in [3.05, 3.63) is 57.5 Å². The van der Waals surface area contributed by atoms with E-state index in [0.29, 0.717) is 36.5 Å². The van der Waals surface area contributed by atoms with Gasteiger partial charge in [-0.1, -0.05) is 30.7 Å². The molecule has 2 amide bonds. The maximum Gasteiger partial charge on any atom is 0.410 e. The van der Waals surface area contributed by atoms with Crippen LogP contribution in [0.4, 0.5) is 15.0 Å². The summed E-state index contributed by atoms with van der Waals surface area (Å²) in [7, 11) is 0. The molecule has 7 nitrogen and oxygen atoms in total. The van der Waals surface area contributed by atoms with Crippen LogP contribution in [-0.4, -0.2) is 53.2 Å². The molecule has 34 heavy (non-hydrogen) atoms. The summed E-state index contributed by atoms with van der Waals surface area (Å²) in [6, 6.07) is 4.93. The van der Waals surface area contributed by atoms with E-state index >= 15 is 4.39 Å². The summed E-state index contributed by atoms with van der Waals surface area (Å²) in [5.74, 6) is -0.0870. The second kappa shape index (κ2) is 8.73. The fourth-order valence-corrected chi connectivity index (χ4v) is 4.84. The number of nitrogens with zero attached hydrogens (tertiary/aromatic N) is 2. The van der Waals surface area contributed by atoms with E-state index in [0.717, 1.165) is 11.1 Å². The molecule has 4 rings (SSSR count). The number of hydrogen-bond acceptors (Lipinski definition) is 5. The van der Waals surface area contributed by atoms with Gasteiger partial charge in [-0.2, -0.15) is 0 Å². The highest BCUT2D eigenvalue weighted by atomic mass is 35.5. The number of fused-ring (bicyclic) bond motifs is 1. The maximum absolute atomic E-state index is 15.1. The third kappa shape index (κ3) is 4.31. The zero-order valence-electron chi connectivity index (χ0n) is 20.1. The summed E-state index contributed by atoms with van der Waals surface area (Å²) < 4.78 is 20.6. The Morgan fingerprint density at radius 3 is 2.74 bits per heavy atom. The molecule has 2 aromatic rings. The summed E-state index contributed by atoms with van der Waals surface area (Å²) in [6.07, 6.45) is 1.78. The number of hydrogen-bond donors (Lipinski definition) is 2. The Bertz CT molecular complexity index is 1140. The maximum atomic E-state index is 15.1. The van der Waals surface area contributed by atoms with Gasteiger partial charge in [0.2, 0.25) is 0 Å². The number of anilines is 1. The monoisotopic (exact) mass is 488 g/mol. The number of aromatic nitrogens is 1. The number of nitrogens with one attached hydrogen (secondary N) is 2. The van der Waals surface area contributed by atoms with Gasteiger partial charge in [-0.05, 0) is 51.3 Å². The van der Waals surface area contributed by atoms with Crippen LogP contribution >= 0.6 is 11.6 Å². The van der Waals surface area contributed by atoms with E-state index in [9.17, 15) is 9.59 Å². The van der Waals surface area contributed by atoms with Gasteiger partial charge in [-0.15, -0.1) is 0 Å². The smallest absolute Gasteiger partial charge is 0.410 e. The predicted octanol–water partition coefficient (Wildman–Crippen LogP) is 4.52. The van der Waals surface area contributed by atoms with Gasteiger partial charge in [-0.3, -0.25) is 4.79 Å². The molecule has 2 aliphatic rings. The number of rotatable bonds is 4. The van der Waals surface area contributed by atoms with E-state index in [1.54, 1.807) is 17.0 Å². The van der Waals surface area contributed by atoms with Gasteiger partial charge in [-0.25, -0.2) is 14.2 Å². The highest BCUT2D eigenvalue weighted by Gasteiger charge is 2.42. The van der Waals surface area contributed by atoms with E-state index in [1.807, 2.05) is 34.6 Å². The molecule has 1 fully saturated rings. The van der Waals surface area contributed by atoms with E-state index < -0.39 is 16.8 Å². The second-order valence-corrected chi connectivity index (χ2v) is 10.5. The van der Waals surface area contributed by atoms with Gasteiger partial charge < -0.3 is 20.3 Å². The number of carbonyl (C=O) groups excluding carboxylic acids is 2. The molecule has 0 radical (unpaired) electrons. The molecule has 182 valence electrons. The molecular formula is C25H30ClFN4O3. The summed E-state index contributed by atoms with van der Waals surface area (Å²) in [6.45, 7) is 10.6. The number of likely N-dealkylation sites (tertiary alicyclic amines) is 1. The molecule has 1 atom stereocenters. The molecule has 0 spiro atoms. The van der Waals surface area contributed by atoms with Crippen LogP contribution in [0.5, 0.6) is 0 Å². The lowest BCUT2D eigenvalue weighted by molar-refractivity contribution is 0.0104. The fraction of sp³-hybridized carbons (Fsp3) is 0.480. The van der Waals surface area contributed by atoms with E-state index in [2.05, 4.69) is 15.6 Å². The minimum atomic E-state index is -0.828. The van der Waals surface area contributed by atoms with Crippen molar-refractivity contribution in [2.24, 2.45) is 0 Å². The minimum absolute atomic E-state index is 0.00468. The average molecular weight is 489 g/mol. The molecule has 1 aromatic heterocycles. The number of carbonyl (C=O) groups is 2. The zero-order valence-corrected chi connectivity index (χ0v) is 20.8. The van der Waals surface area contributed by atoms with Crippen molar-refractivity contribution >= 4 is 29.4 Å². The normalized spacial score (nSPS) is 20.3. The summed E-state index contributed by atoms with van der Waals surface area (Å²) in [5, 5.41) is 6.33. The first-order chi connectivity index (χ1) is 15.9. The van der Waals surface area contributed by atoms with Crippen molar-refractivity contribution in [1.29, 1.82) is 0 Å². The molecule has 1 saturated heterocycles. The van der Waals surface area contributed by atoms with Gasteiger partial charge in [0.05, 0.1) is 16.6 Å². The lowest BCUT2D eigenvalue weighted by Gasteiger charge is -2.42. The van der Waals surface area contributed by atoms with Crippen molar-refractivity contribution in [2.75, 3.05) is 25.0 Å². The summed E-state index contributed by atoms with van der Waals surface area (Å²) >= 11 is 6.10. The van der Waals surface area contributed by atoms with E-state index in [-0.39, 0.29) is 29.6 Å². The molecule has 3 heterocycles. The Balaban J connectivity index is 1.66. The Morgan fingerprint density at radius 1 is 1.38 bits per heavy atom. The summed E-state index contributed by atoms with van der Waals surface area (Å²) in [4.78, 5) is 31.1. The average Bonchev–Trinajstić information content (AvgIpc) is 2.73. The molecule has 0 bridgehead atoms. The second-order valence-electron chi connectivity index (χ2n) is 10.1. The Morgan fingerprint density at radius 2 is 2.09 bits per heavy atom. The number of pyridine rings is 1. The predicted molar refractivity (Wildman–Crippen MR) is 129 cm³/mol. The van der Waals surface area contributed by atoms with Crippen LogP contribution in [0.1, 0.15) is 61.7 Å². The van der Waals surface area contributed by atoms with E-state index in [1.165, 1.54) is 12.3 Å². The van der Waals surface area contributed by atoms with Gasteiger partial charge in [0.15, 0.2) is 0 Å². The third-order valence-electron chi connectivity index (χ3n) is 6.35. The Labute approximate surface area is 204 Å². The minimum Gasteiger partial charge on any atom is -0.444 e. The molecule has 9 heteroatoms. The number of amides is 2. The topological polar surface area (TPSA) is 83.6 Å². The van der Waals surface area contributed by atoms with Crippen LogP contribution in [0.15, 0.2) is 24.4 Å². The number of benzene rings is 1. The van der Waals surface area contributed by atoms with Crippen molar-refractivity contribution in [3.63, 3.8) is 0 Å². The molecular weight excluding hydrogens is 459 g/mol. The first-order valence-electron chi connectivity index (χ1n) is 11.4. The van der Waals surface area contributed by atoms with Gasteiger partial charge >= 0.3 is 6.09 Å². The first-order valence-corrected chi connectivity index (χ1v) is 11.8. The molecule has 1 aromatic carbocycles. The quantitative estimate of drug-likeness (QED) is 0.661. The molecule has 0 aliphatic carbocycles. The lowest BCUT2D eigenvalue weighted by atomic mass is 9.70. The van der Waals surface area contributed by atoms with Crippen molar-refractivity contribution in [3.8, 4) is 0 Å². The lowest BCUT2D eigenvalue weighted by Crippen LogP contribution is -2.58. The molecule has 0 unspecified atom stereocenters. The fourth-order valence-electron chi connectivity index (χ4n) is 4.66. The van der Waals surface area contributed by atoms with Gasteiger partial charge in [0.1, 0.15) is 17.2 Å². The van der Waals surface area contributed by atoms with Crippen LogP contribution in [0.3, 0.4) is 0 Å². The van der Waals surface area contributed by atoms with Crippen LogP contribution in [0.2, 0.25) is 5.02 Å². The number of ether oxygens (including phenoxy) is 1. The van der Waals surface area contributed by atoms with Crippen molar-refractivity contribution < 1.29 is 18.7 Å². The summed E-state index contributed by atoms with van der Waals surface area (Å²) in [5.41, 5.74) is 1.08. The van der Waals surface area contributed by atoms with Crippen LogP contribution in [0, 0.1) is 5.82 Å². The first kappa shape index (κ1) is 24.3. The standard InChI is InChI=1S/C25H30ClFN4O3/c1-6-15-19-16(22(32)29-13-25(19,5)17-8-7-9-18(26)20(17)27)10-28-21(15)30-14-11-31(12-14)23(33)34-24(2,3)4/h7-10,14H,6,11-13H2,1-5H3,(H,28,30)(H,29,32)/t25-/m1/s1. The van der Waals surface area contributed by atoms with Gasteiger partial charge in [0, 0.05) is 36.8 Å². The number of halogens is 2.